The number of benzene rings is 1. The molecule has 0 fully saturated rings. The van der Waals surface area contributed by atoms with Crippen LogP contribution >= 0.6 is 11.3 Å². The molecular weight excluding hydrogens is 210 g/mol. The Kier molecular flexibility index (Phi) is 2.27. The Hall–Kier alpha value is -2.06. The molecule has 4 nitrogen and oxygen atoms in total. The first-order chi connectivity index (χ1) is 7.15. The summed E-state index contributed by atoms with van der Waals surface area (Å²) in [4.78, 5) is 14.6. The van der Waals surface area contributed by atoms with Gasteiger partial charge in [0.05, 0.1) is 10.2 Å². The normalized spacial score (nSPS) is 9.60. The molecular formula is C10H7N3OS. The Labute approximate surface area is 89.9 Å². The van der Waals surface area contributed by atoms with Crippen LogP contribution in [0.2, 0.25) is 0 Å². The van der Waals surface area contributed by atoms with Crippen LogP contribution in [0.4, 0.5) is 5.13 Å². The second-order valence-corrected chi connectivity index (χ2v) is 3.91. The number of anilines is 1. The molecule has 2 rings (SSSR count). The lowest BCUT2D eigenvalue weighted by atomic mass is 10.2. The molecule has 15 heavy (non-hydrogen) atoms. The van der Waals surface area contributed by atoms with Gasteiger partial charge in [-0.25, -0.2) is 4.98 Å². The van der Waals surface area contributed by atoms with Crippen molar-refractivity contribution in [1.29, 1.82) is 0 Å². The first-order valence-corrected chi connectivity index (χ1v) is 4.94. The predicted octanol–water partition coefficient (Wildman–Crippen LogP) is 0.715. The average Bonchev–Trinajstić information content (AvgIpc) is 2.53. The zero-order chi connectivity index (χ0) is 10.8. The fourth-order valence-electron chi connectivity index (χ4n) is 1.15. The molecule has 1 aromatic carbocycles. The van der Waals surface area contributed by atoms with E-state index in [4.69, 9.17) is 11.5 Å². The lowest BCUT2D eigenvalue weighted by molar-refractivity contribution is -0.112. The number of nitrogen functional groups attached to an aromatic ring is 1. The molecule has 0 aliphatic heterocycles. The van der Waals surface area contributed by atoms with Crippen molar-refractivity contribution in [3.05, 3.63) is 23.8 Å². The van der Waals surface area contributed by atoms with Crippen molar-refractivity contribution >= 4 is 32.6 Å². The zero-order valence-electron chi connectivity index (χ0n) is 7.65. The third kappa shape index (κ3) is 2.06. The van der Waals surface area contributed by atoms with Gasteiger partial charge in [-0.1, -0.05) is 17.3 Å². The monoisotopic (exact) mass is 217 g/mol. The van der Waals surface area contributed by atoms with E-state index in [1.165, 1.54) is 11.3 Å². The Morgan fingerprint density at radius 3 is 3.00 bits per heavy atom. The molecule has 2 aromatic rings. The molecule has 0 bridgehead atoms. The fourth-order valence-corrected chi connectivity index (χ4v) is 1.93. The summed E-state index contributed by atoms with van der Waals surface area (Å²) in [7, 11) is 0. The second kappa shape index (κ2) is 3.59. The maximum atomic E-state index is 10.5. The van der Waals surface area contributed by atoms with Gasteiger partial charge in [0.1, 0.15) is 0 Å². The molecule has 0 saturated heterocycles. The standard InChI is InChI=1S/C10H7N3OS/c11-9(14)4-2-6-1-3-7-8(5-6)15-10(12)13-7/h1,3,5H,(H2,11,14)(H2,12,13). The first-order valence-electron chi connectivity index (χ1n) is 4.12. The summed E-state index contributed by atoms with van der Waals surface area (Å²) in [6.07, 6.45) is 0. The molecule has 1 heterocycles. The smallest absolute Gasteiger partial charge is 0.293 e. The molecule has 0 saturated carbocycles. The van der Waals surface area contributed by atoms with E-state index < -0.39 is 5.91 Å². The summed E-state index contributed by atoms with van der Waals surface area (Å²) in [5, 5.41) is 0.519. The molecule has 0 atom stereocenters. The quantitative estimate of drug-likeness (QED) is 0.638. The minimum Gasteiger partial charge on any atom is -0.375 e. The zero-order valence-corrected chi connectivity index (χ0v) is 8.47. The number of fused-ring (bicyclic) bond motifs is 1. The molecule has 5 heteroatoms. The first kappa shape index (κ1) is 9.49. The van der Waals surface area contributed by atoms with E-state index >= 15 is 0 Å². The van der Waals surface area contributed by atoms with Gasteiger partial charge in [-0.3, -0.25) is 4.79 Å². The summed E-state index contributed by atoms with van der Waals surface area (Å²) in [6.45, 7) is 0. The largest absolute Gasteiger partial charge is 0.375 e. The number of thiazole rings is 1. The van der Waals surface area contributed by atoms with Crippen molar-refractivity contribution in [2.45, 2.75) is 0 Å². The number of carbonyl (C=O) groups excluding carboxylic acids is 1. The van der Waals surface area contributed by atoms with Crippen molar-refractivity contribution in [2.75, 3.05) is 5.73 Å². The number of aromatic nitrogens is 1. The minimum absolute atomic E-state index is 0.519. The van der Waals surface area contributed by atoms with E-state index in [9.17, 15) is 4.79 Å². The molecule has 0 spiro atoms. The summed E-state index contributed by atoms with van der Waals surface area (Å²) < 4.78 is 0.948. The van der Waals surface area contributed by atoms with Crippen LogP contribution in [0.25, 0.3) is 10.2 Å². The van der Waals surface area contributed by atoms with Crippen LogP contribution < -0.4 is 11.5 Å². The van der Waals surface area contributed by atoms with E-state index in [1.54, 1.807) is 6.07 Å². The topological polar surface area (TPSA) is 82.0 Å². The second-order valence-electron chi connectivity index (χ2n) is 2.85. The van der Waals surface area contributed by atoms with Gasteiger partial charge in [0.15, 0.2) is 5.13 Å². The van der Waals surface area contributed by atoms with Crippen LogP contribution in [-0.4, -0.2) is 10.9 Å². The summed E-state index contributed by atoms with van der Waals surface area (Å²) >= 11 is 1.38. The third-order valence-corrected chi connectivity index (χ3v) is 2.58. The number of hydrogen-bond acceptors (Lipinski definition) is 4. The summed E-state index contributed by atoms with van der Waals surface area (Å²) in [5.41, 5.74) is 12.0. The van der Waals surface area contributed by atoms with Crippen LogP contribution in [0.1, 0.15) is 5.56 Å². The Bertz CT molecular complexity index is 591. The fraction of sp³-hybridized carbons (Fsp3) is 0. The number of nitrogens with two attached hydrogens (primary N) is 2. The van der Waals surface area contributed by atoms with Gasteiger partial charge in [0.2, 0.25) is 0 Å². The highest BCUT2D eigenvalue weighted by atomic mass is 32.1. The predicted molar refractivity (Wildman–Crippen MR) is 60.1 cm³/mol. The van der Waals surface area contributed by atoms with E-state index in [0.29, 0.717) is 5.13 Å². The average molecular weight is 217 g/mol. The van der Waals surface area contributed by atoms with E-state index in [0.717, 1.165) is 15.8 Å². The van der Waals surface area contributed by atoms with Crippen molar-refractivity contribution < 1.29 is 4.79 Å². The highest BCUT2D eigenvalue weighted by molar-refractivity contribution is 7.22. The van der Waals surface area contributed by atoms with Crippen LogP contribution in [-0.2, 0) is 4.79 Å². The highest BCUT2D eigenvalue weighted by Crippen LogP contribution is 2.24. The maximum Gasteiger partial charge on any atom is 0.293 e. The summed E-state index contributed by atoms with van der Waals surface area (Å²) in [6, 6.07) is 5.42. The molecule has 0 radical (unpaired) electrons. The Morgan fingerprint density at radius 2 is 2.27 bits per heavy atom. The van der Waals surface area contributed by atoms with Gasteiger partial charge in [-0.05, 0) is 24.1 Å². The lowest BCUT2D eigenvalue weighted by Crippen LogP contribution is -2.06. The molecule has 1 amide bonds. The number of hydrogen-bond donors (Lipinski definition) is 2. The third-order valence-electron chi connectivity index (χ3n) is 1.74. The molecule has 4 N–H and O–H groups in total. The van der Waals surface area contributed by atoms with Crippen molar-refractivity contribution in [1.82, 2.24) is 4.98 Å². The van der Waals surface area contributed by atoms with Crippen LogP contribution in [0.15, 0.2) is 18.2 Å². The molecule has 0 aliphatic rings. The number of rotatable bonds is 0. The van der Waals surface area contributed by atoms with Crippen molar-refractivity contribution in [3.63, 3.8) is 0 Å². The summed E-state index contributed by atoms with van der Waals surface area (Å²) in [5.74, 6) is 4.29. The van der Waals surface area contributed by atoms with Gasteiger partial charge in [0, 0.05) is 5.56 Å². The molecule has 0 aliphatic carbocycles. The van der Waals surface area contributed by atoms with Crippen LogP contribution in [0, 0.1) is 11.8 Å². The Balaban J connectivity index is 2.48. The van der Waals surface area contributed by atoms with Gasteiger partial charge < -0.3 is 11.5 Å². The van der Waals surface area contributed by atoms with E-state index in [1.807, 2.05) is 12.1 Å². The molecule has 1 aromatic heterocycles. The van der Waals surface area contributed by atoms with E-state index in [-0.39, 0.29) is 0 Å². The van der Waals surface area contributed by atoms with Crippen LogP contribution in [0.3, 0.4) is 0 Å². The minimum atomic E-state index is -0.640. The highest BCUT2D eigenvalue weighted by Gasteiger charge is 2.00. The lowest BCUT2D eigenvalue weighted by Gasteiger charge is -1.88. The SMILES string of the molecule is NC(=O)C#Cc1ccc2nc(N)sc2c1. The molecule has 74 valence electrons. The van der Waals surface area contributed by atoms with Gasteiger partial charge >= 0.3 is 0 Å². The number of amides is 1. The maximum absolute atomic E-state index is 10.5. The molecule has 0 unspecified atom stereocenters. The van der Waals surface area contributed by atoms with Crippen molar-refractivity contribution in [2.24, 2.45) is 5.73 Å². The van der Waals surface area contributed by atoms with Gasteiger partial charge in [-0.2, -0.15) is 0 Å². The van der Waals surface area contributed by atoms with Crippen molar-refractivity contribution in [3.8, 4) is 11.8 Å². The van der Waals surface area contributed by atoms with Gasteiger partial charge in [-0.15, -0.1) is 0 Å². The van der Waals surface area contributed by atoms with E-state index in [2.05, 4.69) is 16.8 Å². The number of nitrogens with zero attached hydrogens (tertiary/aromatic N) is 1. The number of carbonyl (C=O) groups is 1. The number of primary amides is 1. The Morgan fingerprint density at radius 1 is 1.47 bits per heavy atom. The van der Waals surface area contributed by atoms with Gasteiger partial charge in [0.25, 0.3) is 5.91 Å². The van der Waals surface area contributed by atoms with Crippen LogP contribution in [0.5, 0.6) is 0 Å².